The first-order chi connectivity index (χ1) is 45.0. The summed E-state index contributed by atoms with van der Waals surface area (Å²) in [5, 5.41) is 0. The van der Waals surface area contributed by atoms with Crippen LogP contribution in [0.1, 0.15) is 206 Å². The van der Waals surface area contributed by atoms with Gasteiger partial charge in [-0.2, -0.15) is 0 Å². The molecule has 0 saturated heterocycles. The maximum absolute atomic E-state index is 12.9. The molecule has 0 N–H and O–H groups in total. The second kappa shape index (κ2) is 69.2. The molecule has 2 unspecified atom stereocenters. The highest BCUT2D eigenvalue weighted by Gasteiger charge is 2.22. The predicted octanol–water partition coefficient (Wildman–Crippen LogP) is 22.5. The van der Waals surface area contributed by atoms with Gasteiger partial charge in [-0.25, -0.2) is 0 Å². The van der Waals surface area contributed by atoms with Crippen LogP contribution in [0.3, 0.4) is 0 Å². The topological polar surface area (TPSA) is 111 Å². The fourth-order valence-corrected chi connectivity index (χ4v) is 8.85. The molecule has 0 bridgehead atoms. The van der Waals surface area contributed by atoms with Gasteiger partial charge in [-0.15, -0.1) is 0 Å². The maximum Gasteiger partial charge on any atom is 0.306 e. The summed E-state index contributed by atoms with van der Waals surface area (Å²) in [7, 11) is 1.08. The van der Waals surface area contributed by atoms with Gasteiger partial charge >= 0.3 is 11.9 Å². The molecule has 9 nitrogen and oxygen atoms in total. The number of likely N-dealkylation sites (N-methyl/N-ethyl adjacent to an activating group) is 1. The Labute approximate surface area is 562 Å². The molecule has 2 atom stereocenters. The number of phosphoric ester groups is 1. The van der Waals surface area contributed by atoms with Crippen LogP contribution < -0.4 is 4.89 Å². The smallest absolute Gasteiger partial charge is 0.306 e. The number of nitrogens with zero attached hydrogens (tertiary/aromatic N) is 1. The highest BCUT2D eigenvalue weighted by Crippen LogP contribution is 2.38. The monoisotopic (exact) mass is 1280 g/mol. The van der Waals surface area contributed by atoms with Gasteiger partial charge in [-0.1, -0.05) is 270 Å². The van der Waals surface area contributed by atoms with Gasteiger partial charge in [0.05, 0.1) is 27.7 Å². The highest BCUT2D eigenvalue weighted by atomic mass is 31.2. The molecule has 0 aliphatic rings. The van der Waals surface area contributed by atoms with E-state index >= 15 is 0 Å². The van der Waals surface area contributed by atoms with Crippen LogP contribution in [0.2, 0.25) is 0 Å². The molecule has 10 heteroatoms. The van der Waals surface area contributed by atoms with Gasteiger partial charge < -0.3 is 27.9 Å². The van der Waals surface area contributed by atoms with Crippen molar-refractivity contribution in [1.29, 1.82) is 0 Å². The van der Waals surface area contributed by atoms with E-state index in [1.54, 1.807) is 0 Å². The summed E-state index contributed by atoms with van der Waals surface area (Å²) in [6.45, 7) is 3.88. The van der Waals surface area contributed by atoms with Crippen LogP contribution in [0.4, 0.5) is 0 Å². The minimum atomic E-state index is -4.68. The normalized spacial score (nSPS) is 14.6. The van der Waals surface area contributed by atoms with Crippen LogP contribution in [-0.2, 0) is 32.7 Å². The summed E-state index contributed by atoms with van der Waals surface area (Å²) in [5.74, 6) is -0.937. The molecule has 0 amide bonds. The average molecular weight is 1280 g/mol. The number of rotatable bonds is 60. The van der Waals surface area contributed by atoms with E-state index in [-0.39, 0.29) is 26.1 Å². The first-order valence-electron chi connectivity index (χ1n) is 34.7. The molecular weight excluding hydrogens is 1160 g/mol. The van der Waals surface area contributed by atoms with Crippen molar-refractivity contribution in [3.05, 3.63) is 243 Å². The Hall–Kier alpha value is -6.19. The van der Waals surface area contributed by atoms with Gasteiger partial charge in [0.2, 0.25) is 0 Å². The molecule has 0 aromatic rings. The van der Waals surface area contributed by atoms with Crippen molar-refractivity contribution in [2.75, 3.05) is 47.5 Å². The number of esters is 2. The number of carbonyl (C=O) groups is 2. The SMILES string of the molecule is CC/C=C\C/C=C\C/C=C\C/C=C\C/C=C\C/C=C\C/C=C\C/C=C\C/C=C\C/C=C\C/C=C\C/C=C\CCCCCCC(=O)OC(COC(=O)CCCC/C=C\C/C=C\C/C=C\C/C=C\C/C=C\C/C=C\C/C=C\C/C=C\CC)COP(=O)([O-])OCC[N+](C)(C)C. The van der Waals surface area contributed by atoms with E-state index in [0.29, 0.717) is 23.9 Å². The zero-order valence-electron chi connectivity index (χ0n) is 57.9. The lowest BCUT2D eigenvalue weighted by atomic mass is 10.1. The first kappa shape index (κ1) is 85.8. The maximum atomic E-state index is 12.9. The van der Waals surface area contributed by atoms with Crippen molar-refractivity contribution in [3.63, 3.8) is 0 Å². The molecule has 0 aliphatic carbocycles. The number of carbonyl (C=O) groups excluding carboxylic acids is 2. The minimum absolute atomic E-state index is 0.0583. The molecule has 92 heavy (non-hydrogen) atoms. The Bertz CT molecular complexity index is 2450. The van der Waals surface area contributed by atoms with Crippen LogP contribution in [-0.4, -0.2) is 70.0 Å². The molecule has 510 valence electrons. The van der Waals surface area contributed by atoms with E-state index in [0.717, 1.165) is 167 Å². The summed E-state index contributed by atoms with van der Waals surface area (Å²) in [6.07, 6.45) is 114. The highest BCUT2D eigenvalue weighted by molar-refractivity contribution is 7.45. The Morgan fingerprint density at radius 1 is 0.337 bits per heavy atom. The summed E-state index contributed by atoms with van der Waals surface area (Å²) in [4.78, 5) is 38.0. The van der Waals surface area contributed by atoms with Crippen LogP contribution in [0.5, 0.6) is 0 Å². The third-order valence-corrected chi connectivity index (χ3v) is 14.3. The number of phosphoric acid groups is 1. The average Bonchev–Trinajstić information content (AvgIpc) is 2.23. The van der Waals surface area contributed by atoms with Gasteiger partial charge in [-0.3, -0.25) is 14.2 Å². The molecule has 0 radical (unpaired) electrons. The molecular formula is C82H124NO8P. The molecule has 0 rings (SSSR count). The zero-order chi connectivity index (χ0) is 66.9. The van der Waals surface area contributed by atoms with Gasteiger partial charge in [0, 0.05) is 12.8 Å². The van der Waals surface area contributed by atoms with Crippen molar-refractivity contribution in [2.24, 2.45) is 0 Å². The zero-order valence-corrected chi connectivity index (χ0v) is 58.8. The van der Waals surface area contributed by atoms with E-state index in [1.165, 1.54) is 0 Å². The van der Waals surface area contributed by atoms with Crippen LogP contribution >= 0.6 is 7.82 Å². The fraction of sp³-hybridized carbons (Fsp3) is 0.488. The minimum Gasteiger partial charge on any atom is -0.756 e. The van der Waals surface area contributed by atoms with Gasteiger partial charge in [-0.05, 0) is 167 Å². The fourth-order valence-electron chi connectivity index (χ4n) is 8.12. The number of hydrogen-bond acceptors (Lipinski definition) is 8. The summed E-state index contributed by atoms with van der Waals surface area (Å²) in [5.41, 5.74) is 0. The molecule has 0 fully saturated rings. The number of allylic oxidation sites excluding steroid dienone is 40. The third kappa shape index (κ3) is 72.9. The molecule has 0 aliphatic heterocycles. The van der Waals surface area contributed by atoms with Gasteiger partial charge in [0.25, 0.3) is 7.82 Å². The van der Waals surface area contributed by atoms with E-state index < -0.39 is 32.5 Å². The van der Waals surface area contributed by atoms with E-state index in [4.69, 9.17) is 18.5 Å². The van der Waals surface area contributed by atoms with Crippen molar-refractivity contribution in [2.45, 2.75) is 213 Å². The summed E-state index contributed by atoms with van der Waals surface area (Å²) < 4.78 is 34.2. The van der Waals surface area contributed by atoms with Crippen molar-refractivity contribution in [1.82, 2.24) is 0 Å². The Morgan fingerprint density at radius 3 is 0.880 bits per heavy atom. The first-order valence-corrected chi connectivity index (χ1v) is 36.2. The molecule has 0 heterocycles. The lowest BCUT2D eigenvalue weighted by Gasteiger charge is -2.28. The predicted molar refractivity (Wildman–Crippen MR) is 396 cm³/mol. The lowest BCUT2D eigenvalue weighted by molar-refractivity contribution is -0.870. The van der Waals surface area contributed by atoms with Crippen LogP contribution in [0.25, 0.3) is 0 Å². The number of hydrogen-bond donors (Lipinski definition) is 0. The van der Waals surface area contributed by atoms with Crippen LogP contribution in [0, 0.1) is 0 Å². The molecule has 0 saturated carbocycles. The Kier molecular flexibility index (Phi) is 64.5. The standard InChI is InChI=1S/C82H124NO8P/c1-6-8-10-12-14-16-18-20-22-24-26-28-30-32-34-35-36-37-38-39-40-41-42-43-44-45-46-47-49-51-53-55-57-59-61-63-65-67-69-71-73-75-82(85)91-80(79-90-92(86,87)89-77-76-83(3,4)5)78-88-81(84)74-72-70-68-66-64-62-60-58-56-54-52-50-48-33-31-29-27-25-23-21-19-17-15-13-11-9-7-2/h8-11,14-17,20-23,26-29,32-34,36-37,39-40,42-43,45-46,48-49,51-52,54-55,57-58,60-61,63-64,66,80H,6-7,12-13,18-19,24-25,30-31,35,38,41,44,47,50,53,56,59,62,65,67-79H2,1-5H3/b10-8-,11-9-,16-14-,17-15-,22-20-,23-21-,28-26-,29-27-,34-32-,37-36-,40-39-,43-42-,46-45-,48-33-,51-49-,54-52-,57-55-,60-58-,63-61-,66-64-. The second-order valence-electron chi connectivity index (χ2n) is 23.1. The molecule has 0 aromatic heterocycles. The summed E-state index contributed by atoms with van der Waals surface area (Å²) >= 11 is 0. The van der Waals surface area contributed by atoms with Crippen LogP contribution in [0.15, 0.2) is 243 Å². The van der Waals surface area contributed by atoms with E-state index in [1.807, 2.05) is 21.1 Å². The summed E-state index contributed by atoms with van der Waals surface area (Å²) in [6, 6.07) is 0. The second-order valence-corrected chi connectivity index (χ2v) is 24.5. The van der Waals surface area contributed by atoms with Gasteiger partial charge in [0.15, 0.2) is 6.10 Å². The third-order valence-electron chi connectivity index (χ3n) is 13.4. The number of ether oxygens (including phenoxy) is 2. The molecule has 0 aromatic carbocycles. The van der Waals surface area contributed by atoms with E-state index in [9.17, 15) is 19.0 Å². The Morgan fingerprint density at radius 2 is 0.587 bits per heavy atom. The quantitative estimate of drug-likeness (QED) is 0.0195. The lowest BCUT2D eigenvalue weighted by Crippen LogP contribution is -2.37. The van der Waals surface area contributed by atoms with Gasteiger partial charge in [0.1, 0.15) is 19.8 Å². The number of quaternary nitrogens is 1. The van der Waals surface area contributed by atoms with Crippen molar-refractivity contribution < 1.29 is 42.1 Å². The van der Waals surface area contributed by atoms with Crippen molar-refractivity contribution in [3.8, 4) is 0 Å². The molecule has 0 spiro atoms. The Balaban J connectivity index is 4.29. The largest absolute Gasteiger partial charge is 0.756 e. The van der Waals surface area contributed by atoms with E-state index in [2.05, 4.69) is 257 Å². The van der Waals surface area contributed by atoms with Crippen molar-refractivity contribution >= 4 is 19.8 Å². The number of unbranched alkanes of at least 4 members (excludes halogenated alkanes) is 6.